The van der Waals surface area contributed by atoms with Gasteiger partial charge in [-0.15, -0.1) is 0 Å². The first-order chi connectivity index (χ1) is 14.2. The molecular weight excluding hydrogens is 388 g/mol. The molecule has 2 amide bonds. The maximum atomic E-state index is 13.9. The Morgan fingerprint density at radius 1 is 1.27 bits per heavy atom. The first-order valence-corrected chi connectivity index (χ1v) is 9.81. The van der Waals surface area contributed by atoms with Gasteiger partial charge in [0.2, 0.25) is 11.8 Å². The molecule has 0 aromatic heterocycles. The monoisotopic (exact) mass is 410 g/mol. The number of Topliss-reactive ketones (excluding diaryl/α,β-unsaturated/α-hetero) is 1. The normalized spacial score (nSPS) is 25.3. The van der Waals surface area contributed by atoms with Crippen LogP contribution in [0.4, 0.5) is 5.69 Å². The number of allylic oxidation sites excluding steroid dienone is 1. The van der Waals surface area contributed by atoms with Gasteiger partial charge in [-0.1, -0.05) is 25.1 Å². The molecule has 1 spiro atoms. The summed E-state index contributed by atoms with van der Waals surface area (Å²) in [4.78, 5) is 53.6. The van der Waals surface area contributed by atoms with Gasteiger partial charge in [-0.25, -0.2) is 9.69 Å². The number of para-hydroxylation sites is 1. The van der Waals surface area contributed by atoms with Crippen molar-refractivity contribution in [2.45, 2.75) is 39.0 Å². The van der Waals surface area contributed by atoms with E-state index in [2.05, 4.69) is 0 Å². The van der Waals surface area contributed by atoms with Crippen molar-refractivity contribution in [3.8, 4) is 0 Å². The van der Waals surface area contributed by atoms with Gasteiger partial charge in [0.25, 0.3) is 5.91 Å². The van der Waals surface area contributed by atoms with Crippen molar-refractivity contribution in [1.29, 1.82) is 0 Å². The van der Waals surface area contributed by atoms with E-state index in [1.54, 1.807) is 31.2 Å². The summed E-state index contributed by atoms with van der Waals surface area (Å²) in [6, 6.07) is 6.59. The minimum atomic E-state index is -1.87. The van der Waals surface area contributed by atoms with Crippen molar-refractivity contribution in [3.63, 3.8) is 0 Å². The maximum Gasteiger partial charge on any atom is 0.341 e. The summed E-state index contributed by atoms with van der Waals surface area (Å²) < 4.78 is 10.9. The SMILES string of the molecule is CCOC(=O)C1=C(N)OC2=C(C(=O)C[C@@H](C)C2)[C@@]12C(=O)N(C(C)=O)c1ccccc12. The summed E-state index contributed by atoms with van der Waals surface area (Å²) in [6.07, 6.45) is 0.574. The number of ether oxygens (including phenoxy) is 2. The molecule has 3 aliphatic rings. The van der Waals surface area contributed by atoms with Crippen molar-refractivity contribution in [3.05, 3.63) is 52.6 Å². The molecule has 0 saturated carbocycles. The summed E-state index contributed by atoms with van der Waals surface area (Å²) in [5.74, 6) is -2.47. The number of rotatable bonds is 2. The number of ketones is 1. The van der Waals surface area contributed by atoms with Crippen molar-refractivity contribution in [2.24, 2.45) is 11.7 Å². The molecule has 2 atom stereocenters. The summed E-state index contributed by atoms with van der Waals surface area (Å²) in [5.41, 5.74) is 4.75. The van der Waals surface area contributed by atoms with Gasteiger partial charge in [-0.3, -0.25) is 14.4 Å². The standard InChI is InChI=1S/C22H22N2O6/c1-4-29-20(27)18-19(23)30-16-10-11(2)9-15(26)17(16)22(18)13-7-5-6-8-14(13)24(12(3)25)21(22)28/h5-8,11H,4,9-10,23H2,1-3H3/t11-,22-/m1/s1. The van der Waals surface area contributed by atoms with Crippen LogP contribution in [0.3, 0.4) is 0 Å². The van der Waals surface area contributed by atoms with Crippen molar-refractivity contribution in [2.75, 3.05) is 11.5 Å². The van der Waals surface area contributed by atoms with E-state index in [-0.39, 0.29) is 47.5 Å². The lowest BCUT2D eigenvalue weighted by atomic mass is 9.64. The highest BCUT2D eigenvalue weighted by Gasteiger charge is 2.64. The van der Waals surface area contributed by atoms with Gasteiger partial charge in [0.05, 0.1) is 17.9 Å². The number of nitrogens with zero attached hydrogens (tertiary/aromatic N) is 1. The van der Waals surface area contributed by atoms with Crippen molar-refractivity contribution < 1.29 is 28.7 Å². The van der Waals surface area contributed by atoms with E-state index in [0.717, 1.165) is 4.90 Å². The Kier molecular flexibility index (Phi) is 4.52. The number of hydrogen-bond donors (Lipinski definition) is 1. The molecule has 156 valence electrons. The van der Waals surface area contributed by atoms with Gasteiger partial charge >= 0.3 is 5.97 Å². The fourth-order valence-electron chi connectivity index (χ4n) is 4.70. The van der Waals surface area contributed by atoms with Gasteiger partial charge in [0, 0.05) is 25.3 Å². The van der Waals surface area contributed by atoms with E-state index < -0.39 is 23.2 Å². The average molecular weight is 410 g/mol. The molecule has 0 bridgehead atoms. The fourth-order valence-corrected chi connectivity index (χ4v) is 4.70. The van der Waals surface area contributed by atoms with Crippen LogP contribution in [0, 0.1) is 5.92 Å². The first kappa shape index (κ1) is 19.9. The minimum Gasteiger partial charge on any atom is -0.462 e. The Morgan fingerprint density at radius 2 is 1.97 bits per heavy atom. The highest BCUT2D eigenvalue weighted by molar-refractivity contribution is 6.30. The molecule has 1 aromatic carbocycles. The van der Waals surface area contributed by atoms with Gasteiger partial charge in [-0.2, -0.15) is 0 Å². The highest BCUT2D eigenvalue weighted by Crippen LogP contribution is 2.56. The second kappa shape index (κ2) is 6.83. The lowest BCUT2D eigenvalue weighted by Gasteiger charge is -2.39. The number of carbonyl (C=O) groups excluding carboxylic acids is 4. The molecule has 4 rings (SSSR count). The smallest absolute Gasteiger partial charge is 0.341 e. The lowest BCUT2D eigenvalue weighted by molar-refractivity contribution is -0.141. The Bertz CT molecular complexity index is 1070. The van der Waals surface area contributed by atoms with Crippen molar-refractivity contribution in [1.82, 2.24) is 0 Å². The maximum absolute atomic E-state index is 13.9. The number of nitrogens with two attached hydrogens (primary N) is 1. The number of hydrogen-bond acceptors (Lipinski definition) is 7. The number of amides is 2. The van der Waals surface area contributed by atoms with E-state index in [1.807, 2.05) is 6.92 Å². The van der Waals surface area contributed by atoms with Gasteiger partial charge in [0.15, 0.2) is 5.78 Å². The van der Waals surface area contributed by atoms with E-state index in [1.165, 1.54) is 6.92 Å². The van der Waals surface area contributed by atoms with Crippen LogP contribution in [0.25, 0.3) is 0 Å². The van der Waals surface area contributed by atoms with E-state index in [9.17, 15) is 19.2 Å². The zero-order valence-corrected chi connectivity index (χ0v) is 17.0. The minimum absolute atomic E-state index is 0.0131. The average Bonchev–Trinajstić information content (AvgIpc) is 2.90. The van der Waals surface area contributed by atoms with Crippen LogP contribution >= 0.6 is 0 Å². The van der Waals surface area contributed by atoms with E-state index in [0.29, 0.717) is 17.7 Å². The number of esters is 1. The molecule has 1 aliphatic carbocycles. The largest absolute Gasteiger partial charge is 0.462 e. The Balaban J connectivity index is 2.12. The summed E-state index contributed by atoms with van der Waals surface area (Å²) in [7, 11) is 0. The Hall–Kier alpha value is -3.42. The molecule has 0 saturated heterocycles. The molecule has 1 aromatic rings. The second-order valence-electron chi connectivity index (χ2n) is 7.72. The molecular formula is C22H22N2O6. The molecule has 2 aliphatic heterocycles. The van der Waals surface area contributed by atoms with Gasteiger partial charge in [-0.05, 0) is 18.9 Å². The number of benzene rings is 1. The second-order valence-corrected chi connectivity index (χ2v) is 7.72. The molecule has 2 heterocycles. The summed E-state index contributed by atoms with van der Waals surface area (Å²) in [5, 5.41) is 0. The van der Waals surface area contributed by atoms with Crippen LogP contribution < -0.4 is 10.6 Å². The fraction of sp³-hybridized carbons (Fsp3) is 0.364. The third kappa shape index (κ3) is 2.46. The first-order valence-electron chi connectivity index (χ1n) is 9.81. The Morgan fingerprint density at radius 3 is 2.63 bits per heavy atom. The van der Waals surface area contributed by atoms with Crippen LogP contribution in [-0.4, -0.2) is 30.2 Å². The van der Waals surface area contributed by atoms with Crippen LogP contribution in [0.15, 0.2) is 47.1 Å². The molecule has 0 fully saturated rings. The summed E-state index contributed by atoms with van der Waals surface area (Å²) in [6.45, 7) is 4.80. The predicted molar refractivity (Wildman–Crippen MR) is 106 cm³/mol. The molecule has 30 heavy (non-hydrogen) atoms. The zero-order chi connectivity index (χ0) is 21.8. The number of carbonyl (C=O) groups is 4. The predicted octanol–water partition coefficient (Wildman–Crippen LogP) is 1.83. The number of fused-ring (bicyclic) bond motifs is 3. The molecule has 8 nitrogen and oxygen atoms in total. The molecule has 0 unspecified atom stereocenters. The summed E-state index contributed by atoms with van der Waals surface area (Å²) >= 11 is 0. The van der Waals surface area contributed by atoms with Crippen LogP contribution in [0.1, 0.15) is 39.2 Å². The Labute approximate surface area is 173 Å². The van der Waals surface area contributed by atoms with E-state index in [4.69, 9.17) is 15.2 Å². The topological polar surface area (TPSA) is 116 Å². The zero-order valence-electron chi connectivity index (χ0n) is 17.0. The van der Waals surface area contributed by atoms with Gasteiger partial charge < -0.3 is 15.2 Å². The highest BCUT2D eigenvalue weighted by atomic mass is 16.5. The third-order valence-electron chi connectivity index (χ3n) is 5.72. The molecule has 2 N–H and O–H groups in total. The third-order valence-corrected chi connectivity index (χ3v) is 5.72. The van der Waals surface area contributed by atoms with E-state index >= 15 is 0 Å². The molecule has 8 heteroatoms. The van der Waals surface area contributed by atoms with Crippen molar-refractivity contribution >= 4 is 29.3 Å². The van der Waals surface area contributed by atoms with Crippen LogP contribution in [0.5, 0.6) is 0 Å². The quantitative estimate of drug-likeness (QED) is 0.740. The van der Waals surface area contributed by atoms with Crippen LogP contribution in [-0.2, 0) is 34.1 Å². The number of imide groups is 1. The van der Waals surface area contributed by atoms with Crippen LogP contribution in [0.2, 0.25) is 0 Å². The lowest BCUT2D eigenvalue weighted by Crippen LogP contribution is -2.52. The molecule has 0 radical (unpaired) electrons. The number of anilines is 1. The van der Waals surface area contributed by atoms with Gasteiger partial charge in [0.1, 0.15) is 16.7 Å².